The second-order valence-electron chi connectivity index (χ2n) is 6.65. The molecule has 0 saturated carbocycles. The molecule has 0 saturated heterocycles. The van der Waals surface area contributed by atoms with Crippen LogP contribution < -0.4 is 33.6 Å². The van der Waals surface area contributed by atoms with Crippen LogP contribution in [0.2, 0.25) is 0 Å². The molecular formula is C26H24ClIrP2-. The summed E-state index contributed by atoms with van der Waals surface area (Å²) in [4.78, 5) is 0. The zero-order valence-corrected chi connectivity index (χ0v) is 21.5. The Morgan fingerprint density at radius 2 is 0.567 bits per heavy atom. The molecule has 0 N–H and O–H groups in total. The van der Waals surface area contributed by atoms with E-state index in [1.54, 1.807) is 0 Å². The van der Waals surface area contributed by atoms with Crippen LogP contribution in [0.1, 0.15) is 0 Å². The molecular weight excluding hydrogens is 602 g/mol. The Morgan fingerprint density at radius 1 is 0.367 bits per heavy atom. The molecule has 0 unspecified atom stereocenters. The van der Waals surface area contributed by atoms with Crippen LogP contribution in [-0.4, -0.2) is 12.3 Å². The summed E-state index contributed by atoms with van der Waals surface area (Å²) in [5.74, 6) is 0. The monoisotopic (exact) mass is 626 g/mol. The van der Waals surface area contributed by atoms with E-state index in [-0.39, 0.29) is 48.4 Å². The summed E-state index contributed by atoms with van der Waals surface area (Å²) in [6.45, 7) is 0. The van der Waals surface area contributed by atoms with Crippen molar-refractivity contribution in [3.63, 3.8) is 0 Å². The molecule has 0 heterocycles. The number of hydrogen-bond acceptors (Lipinski definition) is 0. The smallest absolute Gasteiger partial charge is 0 e. The molecule has 155 valence electrons. The van der Waals surface area contributed by atoms with Gasteiger partial charge < -0.3 is 12.4 Å². The zero-order chi connectivity index (χ0) is 19.0. The van der Waals surface area contributed by atoms with Gasteiger partial charge in [-0.3, -0.25) is 0 Å². The van der Waals surface area contributed by atoms with Gasteiger partial charge in [0.05, 0.1) is 0 Å². The Labute approximate surface area is 202 Å². The summed E-state index contributed by atoms with van der Waals surface area (Å²) < 4.78 is 0. The second-order valence-corrected chi connectivity index (χ2v) is 11.3. The van der Waals surface area contributed by atoms with E-state index < -0.39 is 0 Å². The Bertz CT molecular complexity index is 805. The molecule has 4 rings (SSSR count). The summed E-state index contributed by atoms with van der Waals surface area (Å²) in [7, 11) is -0.696. The van der Waals surface area contributed by atoms with Gasteiger partial charge in [0, 0.05) is 20.1 Å². The Balaban J connectivity index is 0.00000160. The van der Waals surface area contributed by atoms with Crippen LogP contribution in [0.15, 0.2) is 121 Å². The van der Waals surface area contributed by atoms with Crippen molar-refractivity contribution in [1.29, 1.82) is 0 Å². The first kappa shape index (κ1) is 24.9. The van der Waals surface area contributed by atoms with Crippen molar-refractivity contribution >= 4 is 37.1 Å². The average molecular weight is 626 g/mol. The number of hydrogen-bond donors (Lipinski definition) is 0. The largest absolute Gasteiger partial charge is 1.00 e. The molecule has 0 aliphatic carbocycles. The van der Waals surface area contributed by atoms with Crippen LogP contribution in [0.5, 0.6) is 0 Å². The third-order valence-corrected chi connectivity index (χ3v) is 10.2. The summed E-state index contributed by atoms with van der Waals surface area (Å²) in [6, 6.07) is 44.2. The van der Waals surface area contributed by atoms with Crippen LogP contribution in [0, 0.1) is 0 Å². The third-order valence-electron chi connectivity index (χ3n) is 4.82. The van der Waals surface area contributed by atoms with Crippen molar-refractivity contribution in [2.24, 2.45) is 0 Å². The first-order chi connectivity index (χ1) is 13.9. The normalized spacial score (nSPS) is 10.3. The van der Waals surface area contributed by atoms with Crippen LogP contribution in [0.4, 0.5) is 0 Å². The Hall–Kier alpha value is -1.32. The van der Waals surface area contributed by atoms with Gasteiger partial charge in [-0.2, -0.15) is 0 Å². The van der Waals surface area contributed by atoms with Crippen LogP contribution in [0.25, 0.3) is 0 Å². The SMILES string of the molecule is [Cl-].[Ir].c1ccc(P(CCP(c2ccccc2)c2ccccc2)c2ccccc2)cc1. The zero-order valence-electron chi connectivity index (χ0n) is 16.6. The molecule has 0 atom stereocenters. The molecule has 0 aromatic heterocycles. The van der Waals surface area contributed by atoms with Gasteiger partial charge in [-0.15, -0.1) is 0 Å². The van der Waals surface area contributed by atoms with E-state index in [0.717, 1.165) is 0 Å². The van der Waals surface area contributed by atoms with Gasteiger partial charge >= 0.3 is 0 Å². The molecule has 0 aliphatic rings. The molecule has 0 aliphatic heterocycles. The van der Waals surface area contributed by atoms with Crippen molar-refractivity contribution in [3.05, 3.63) is 121 Å². The van der Waals surface area contributed by atoms with Gasteiger partial charge in [0.25, 0.3) is 0 Å². The molecule has 0 bridgehead atoms. The second kappa shape index (κ2) is 13.2. The van der Waals surface area contributed by atoms with E-state index in [1.165, 1.54) is 33.5 Å². The van der Waals surface area contributed by atoms with Gasteiger partial charge in [0.2, 0.25) is 0 Å². The topological polar surface area (TPSA) is 0 Å². The number of rotatable bonds is 7. The molecule has 0 fully saturated rings. The molecule has 30 heavy (non-hydrogen) atoms. The van der Waals surface area contributed by atoms with Gasteiger partial charge in [-0.05, 0) is 49.4 Å². The standard InChI is InChI=1S/C26H24P2.ClH.Ir/c1-5-13-23(14-6-1)27(24-15-7-2-8-16-24)21-22-28(25-17-9-3-10-18-25)26-19-11-4-12-20-26;;/h1-20H,21-22H2;1H;/p-1. The van der Waals surface area contributed by atoms with Gasteiger partial charge in [0.15, 0.2) is 0 Å². The molecule has 0 spiro atoms. The molecule has 4 aromatic carbocycles. The third kappa shape index (κ3) is 6.59. The maximum Gasteiger partial charge on any atom is 0 e. The van der Waals surface area contributed by atoms with Crippen LogP contribution >= 0.6 is 15.8 Å². The minimum atomic E-state index is -0.348. The molecule has 0 amide bonds. The molecule has 4 aromatic rings. The average Bonchev–Trinajstić information content (AvgIpc) is 2.79. The minimum Gasteiger partial charge on any atom is -1.00 e. The summed E-state index contributed by atoms with van der Waals surface area (Å²) in [5.41, 5.74) is 0. The fraction of sp³-hybridized carbons (Fsp3) is 0.0769. The van der Waals surface area contributed by atoms with E-state index >= 15 is 0 Å². The first-order valence-electron chi connectivity index (χ1n) is 9.67. The van der Waals surface area contributed by atoms with Crippen LogP contribution in [0.3, 0.4) is 0 Å². The van der Waals surface area contributed by atoms with Gasteiger partial charge in [-0.1, -0.05) is 121 Å². The van der Waals surface area contributed by atoms with Crippen molar-refractivity contribution in [2.45, 2.75) is 0 Å². The first-order valence-corrected chi connectivity index (χ1v) is 12.7. The Kier molecular flexibility index (Phi) is 10.9. The van der Waals surface area contributed by atoms with E-state index in [4.69, 9.17) is 0 Å². The van der Waals surface area contributed by atoms with Crippen LogP contribution in [-0.2, 0) is 20.1 Å². The maximum absolute atomic E-state index is 2.30. The van der Waals surface area contributed by atoms with E-state index in [0.29, 0.717) is 0 Å². The fourth-order valence-electron chi connectivity index (χ4n) is 3.45. The number of benzene rings is 4. The fourth-order valence-corrected chi connectivity index (χ4v) is 8.80. The van der Waals surface area contributed by atoms with Crippen molar-refractivity contribution in [2.75, 3.05) is 12.3 Å². The summed E-state index contributed by atoms with van der Waals surface area (Å²) in [6.07, 6.45) is 2.41. The summed E-state index contributed by atoms with van der Waals surface area (Å²) >= 11 is 0. The van der Waals surface area contributed by atoms with Crippen molar-refractivity contribution < 1.29 is 32.5 Å². The molecule has 4 heteroatoms. The molecule has 1 radical (unpaired) electrons. The van der Waals surface area contributed by atoms with Gasteiger partial charge in [-0.25, -0.2) is 0 Å². The maximum atomic E-state index is 2.30. The predicted octanol–water partition coefficient (Wildman–Crippen LogP) is 2.25. The van der Waals surface area contributed by atoms with E-state index in [9.17, 15) is 0 Å². The minimum absolute atomic E-state index is 0. The number of halogens is 1. The van der Waals surface area contributed by atoms with E-state index in [2.05, 4.69) is 121 Å². The van der Waals surface area contributed by atoms with E-state index in [1.807, 2.05) is 0 Å². The quantitative estimate of drug-likeness (QED) is 0.277. The Morgan fingerprint density at radius 3 is 0.767 bits per heavy atom. The predicted molar refractivity (Wildman–Crippen MR) is 128 cm³/mol. The summed E-state index contributed by atoms with van der Waals surface area (Å²) in [5, 5.41) is 5.89. The van der Waals surface area contributed by atoms with Crippen molar-refractivity contribution in [3.8, 4) is 0 Å². The van der Waals surface area contributed by atoms with Crippen molar-refractivity contribution in [1.82, 2.24) is 0 Å². The molecule has 0 nitrogen and oxygen atoms in total. The van der Waals surface area contributed by atoms with Gasteiger partial charge in [0.1, 0.15) is 0 Å².